The van der Waals surface area contributed by atoms with E-state index < -0.39 is 0 Å². The summed E-state index contributed by atoms with van der Waals surface area (Å²) in [7, 11) is 1.96. The normalized spacial score (nSPS) is 13.0. The van der Waals surface area contributed by atoms with Crippen molar-refractivity contribution in [3.05, 3.63) is 29.8 Å². The Bertz CT molecular complexity index is 311. The van der Waals surface area contributed by atoms with Crippen LogP contribution in [-0.4, -0.2) is 36.7 Å². The van der Waals surface area contributed by atoms with E-state index in [2.05, 4.69) is 30.1 Å². The second-order valence-corrected chi connectivity index (χ2v) is 3.89. The van der Waals surface area contributed by atoms with Crippen molar-refractivity contribution in [1.29, 1.82) is 0 Å². The van der Waals surface area contributed by atoms with Gasteiger partial charge in [0.2, 0.25) is 0 Å². The van der Waals surface area contributed by atoms with Gasteiger partial charge >= 0.3 is 0 Å². The number of phenolic OH excluding ortho intramolecular Hbond substituents is 1. The number of hydrogen-bond donors (Lipinski definition) is 2. The molecular weight excluding hydrogens is 200 g/mol. The van der Waals surface area contributed by atoms with Crippen LogP contribution >= 0.6 is 0 Å². The highest BCUT2D eigenvalue weighted by atomic mass is 16.3. The number of phenols is 1. The number of hydrogen-bond acceptors (Lipinski definition) is 3. The first-order valence-electron chi connectivity index (χ1n) is 5.90. The Kier molecular flexibility index (Phi) is 5.29. The van der Waals surface area contributed by atoms with Crippen molar-refractivity contribution in [2.45, 2.75) is 19.9 Å². The van der Waals surface area contributed by atoms with E-state index in [0.717, 1.165) is 25.2 Å². The lowest BCUT2D eigenvalue weighted by Crippen LogP contribution is -2.34. The molecule has 0 spiro atoms. The molecule has 0 saturated carbocycles. The predicted octanol–water partition coefficient (Wildman–Crippen LogP) is 1.99. The molecule has 3 heteroatoms. The maximum Gasteiger partial charge on any atom is 0.115 e. The number of likely N-dealkylation sites (N-methyl/N-ethyl adjacent to an activating group) is 2. The van der Waals surface area contributed by atoms with Crippen LogP contribution < -0.4 is 5.32 Å². The molecule has 0 aromatic heterocycles. The van der Waals surface area contributed by atoms with Gasteiger partial charge < -0.3 is 10.4 Å². The highest BCUT2D eigenvalue weighted by Gasteiger charge is 2.17. The first kappa shape index (κ1) is 13.0. The second-order valence-electron chi connectivity index (χ2n) is 3.89. The molecule has 0 bridgehead atoms. The fourth-order valence-corrected chi connectivity index (χ4v) is 2.05. The Morgan fingerprint density at radius 3 is 2.50 bits per heavy atom. The van der Waals surface area contributed by atoms with Crippen LogP contribution in [0.2, 0.25) is 0 Å². The summed E-state index contributed by atoms with van der Waals surface area (Å²) in [5.41, 5.74) is 1.16. The van der Waals surface area contributed by atoms with Gasteiger partial charge in [0, 0.05) is 12.6 Å². The molecule has 0 aliphatic carbocycles. The molecule has 1 aromatic carbocycles. The topological polar surface area (TPSA) is 35.5 Å². The van der Waals surface area contributed by atoms with Gasteiger partial charge in [0.25, 0.3) is 0 Å². The smallest absolute Gasteiger partial charge is 0.115 e. The van der Waals surface area contributed by atoms with E-state index in [9.17, 15) is 5.11 Å². The van der Waals surface area contributed by atoms with Crippen LogP contribution in [0.15, 0.2) is 24.3 Å². The maximum atomic E-state index is 9.52. The summed E-state index contributed by atoms with van der Waals surface area (Å²) in [5.74, 6) is 0.339. The molecule has 0 saturated heterocycles. The third-order valence-corrected chi connectivity index (χ3v) is 2.91. The molecule has 0 aliphatic heterocycles. The van der Waals surface area contributed by atoms with Gasteiger partial charge in [0.05, 0.1) is 0 Å². The van der Waals surface area contributed by atoms with Crippen LogP contribution in [-0.2, 0) is 0 Å². The quantitative estimate of drug-likeness (QED) is 0.772. The largest absolute Gasteiger partial charge is 0.508 e. The molecule has 2 N–H and O–H groups in total. The zero-order valence-electron chi connectivity index (χ0n) is 10.4. The number of aromatic hydroxyl groups is 1. The zero-order chi connectivity index (χ0) is 12.0. The minimum absolute atomic E-state index is 0.326. The highest BCUT2D eigenvalue weighted by molar-refractivity contribution is 5.29. The summed E-state index contributed by atoms with van der Waals surface area (Å²) >= 11 is 0. The Balaban J connectivity index is 2.91. The van der Waals surface area contributed by atoms with Gasteiger partial charge in [-0.05, 0) is 37.8 Å². The van der Waals surface area contributed by atoms with Crippen LogP contribution in [0.5, 0.6) is 5.75 Å². The standard InChI is InChI=1S/C13H22N2O/c1-4-15(5-2)13(10-14-3)11-7-6-8-12(16)9-11/h6-9,13-14,16H,4-5,10H2,1-3H3. The summed E-state index contributed by atoms with van der Waals surface area (Å²) in [4.78, 5) is 2.38. The molecule has 1 unspecified atom stereocenters. The van der Waals surface area contributed by atoms with Gasteiger partial charge in [0.1, 0.15) is 5.75 Å². The van der Waals surface area contributed by atoms with E-state index in [4.69, 9.17) is 0 Å². The van der Waals surface area contributed by atoms with Gasteiger partial charge in [0.15, 0.2) is 0 Å². The molecule has 90 valence electrons. The van der Waals surface area contributed by atoms with Crippen LogP contribution in [0.25, 0.3) is 0 Å². The van der Waals surface area contributed by atoms with Gasteiger partial charge in [-0.3, -0.25) is 4.90 Å². The van der Waals surface area contributed by atoms with E-state index >= 15 is 0 Å². The molecule has 1 atom stereocenters. The summed E-state index contributed by atoms with van der Waals surface area (Å²) in [6.45, 7) is 7.24. The molecule has 0 fully saturated rings. The molecule has 3 nitrogen and oxygen atoms in total. The van der Waals surface area contributed by atoms with E-state index in [1.165, 1.54) is 0 Å². The molecular formula is C13H22N2O. The molecule has 0 aliphatic rings. The van der Waals surface area contributed by atoms with Crippen LogP contribution in [0.3, 0.4) is 0 Å². The third kappa shape index (κ3) is 3.22. The first-order valence-corrected chi connectivity index (χ1v) is 5.90. The molecule has 1 rings (SSSR count). The van der Waals surface area contributed by atoms with Gasteiger partial charge in [-0.2, -0.15) is 0 Å². The summed E-state index contributed by atoms with van der Waals surface area (Å²) < 4.78 is 0. The van der Waals surface area contributed by atoms with Crippen molar-refractivity contribution in [2.24, 2.45) is 0 Å². The fourth-order valence-electron chi connectivity index (χ4n) is 2.05. The second kappa shape index (κ2) is 6.51. The zero-order valence-corrected chi connectivity index (χ0v) is 10.4. The summed E-state index contributed by atoms with van der Waals surface area (Å²) in [6, 6.07) is 7.85. The number of rotatable bonds is 6. The Hall–Kier alpha value is -1.06. The van der Waals surface area contributed by atoms with E-state index in [1.807, 2.05) is 19.2 Å². The first-order chi connectivity index (χ1) is 7.72. The lowest BCUT2D eigenvalue weighted by Gasteiger charge is -2.30. The highest BCUT2D eigenvalue weighted by Crippen LogP contribution is 2.22. The van der Waals surface area contributed by atoms with Crippen LogP contribution in [0.1, 0.15) is 25.5 Å². The van der Waals surface area contributed by atoms with Crippen LogP contribution in [0.4, 0.5) is 0 Å². The van der Waals surface area contributed by atoms with E-state index in [1.54, 1.807) is 6.07 Å². The fraction of sp³-hybridized carbons (Fsp3) is 0.538. The third-order valence-electron chi connectivity index (χ3n) is 2.91. The number of benzene rings is 1. The van der Waals surface area contributed by atoms with Crippen molar-refractivity contribution in [2.75, 3.05) is 26.7 Å². The minimum atomic E-state index is 0.326. The van der Waals surface area contributed by atoms with Crippen molar-refractivity contribution in [3.63, 3.8) is 0 Å². The van der Waals surface area contributed by atoms with E-state index in [0.29, 0.717) is 11.8 Å². The Labute approximate surface area is 98.1 Å². The number of nitrogens with zero attached hydrogens (tertiary/aromatic N) is 1. The molecule has 1 aromatic rings. The minimum Gasteiger partial charge on any atom is -0.508 e. The summed E-state index contributed by atoms with van der Waals surface area (Å²) in [5, 5.41) is 12.7. The lowest BCUT2D eigenvalue weighted by molar-refractivity contribution is 0.216. The van der Waals surface area contributed by atoms with Crippen molar-refractivity contribution >= 4 is 0 Å². The van der Waals surface area contributed by atoms with Gasteiger partial charge in [-0.1, -0.05) is 26.0 Å². The van der Waals surface area contributed by atoms with E-state index in [-0.39, 0.29) is 0 Å². The van der Waals surface area contributed by atoms with Gasteiger partial charge in [-0.25, -0.2) is 0 Å². The molecule has 0 heterocycles. The molecule has 0 amide bonds. The Morgan fingerprint density at radius 2 is 2.00 bits per heavy atom. The SMILES string of the molecule is CCN(CC)C(CNC)c1cccc(O)c1. The predicted molar refractivity (Wildman–Crippen MR) is 67.7 cm³/mol. The maximum absolute atomic E-state index is 9.52. The molecule has 16 heavy (non-hydrogen) atoms. The van der Waals surface area contributed by atoms with Gasteiger partial charge in [-0.15, -0.1) is 0 Å². The summed E-state index contributed by atoms with van der Waals surface area (Å²) in [6.07, 6.45) is 0. The average molecular weight is 222 g/mol. The molecule has 0 radical (unpaired) electrons. The Morgan fingerprint density at radius 1 is 1.31 bits per heavy atom. The van der Waals surface area contributed by atoms with Crippen molar-refractivity contribution in [1.82, 2.24) is 10.2 Å². The lowest BCUT2D eigenvalue weighted by atomic mass is 10.0. The van der Waals surface area contributed by atoms with Crippen molar-refractivity contribution < 1.29 is 5.11 Å². The number of nitrogens with one attached hydrogen (secondary N) is 1. The monoisotopic (exact) mass is 222 g/mol. The van der Waals surface area contributed by atoms with Crippen molar-refractivity contribution in [3.8, 4) is 5.75 Å². The van der Waals surface area contributed by atoms with Crippen LogP contribution in [0, 0.1) is 0 Å². The average Bonchev–Trinajstić information content (AvgIpc) is 2.29.